The number of carbonyl (C=O) groups excluding carboxylic acids is 3. The van der Waals surface area contributed by atoms with Crippen LogP contribution in [0.5, 0.6) is 0 Å². The van der Waals surface area contributed by atoms with E-state index in [1.54, 1.807) is 20.8 Å². The number of nitrogens with zero attached hydrogens (tertiary/aromatic N) is 2. The molecule has 1 N–H and O–H groups in total. The van der Waals surface area contributed by atoms with Crippen molar-refractivity contribution in [1.29, 1.82) is 0 Å². The highest BCUT2D eigenvalue weighted by molar-refractivity contribution is 7.90. The largest absolute Gasteiger partial charge is 0.463 e. The van der Waals surface area contributed by atoms with Gasteiger partial charge in [-0.3, -0.25) is 14.9 Å². The second-order valence-corrected chi connectivity index (χ2v) is 10.3. The molecule has 4 rings (SSSR count). The van der Waals surface area contributed by atoms with E-state index in [1.165, 1.54) is 48.5 Å². The van der Waals surface area contributed by atoms with E-state index < -0.39 is 45.4 Å². The van der Waals surface area contributed by atoms with E-state index >= 15 is 0 Å². The molecule has 2 aliphatic heterocycles. The summed E-state index contributed by atoms with van der Waals surface area (Å²) in [5, 5.41) is 14.4. The second kappa shape index (κ2) is 10.1. The Morgan fingerprint density at radius 2 is 1.66 bits per heavy atom. The molecule has 0 fully saturated rings. The van der Waals surface area contributed by atoms with Crippen LogP contribution in [0.25, 0.3) is 0 Å². The SMILES string of the molecule is CCOC(=O)C1=C(C)NC(C)=C(C(=O)OCN2C(=O)c3ccccc3S2(=O)=O)C1c1cccc([N+](=O)[O-])c1. The van der Waals surface area contributed by atoms with Crippen molar-refractivity contribution in [3.8, 4) is 0 Å². The Bertz CT molecular complexity index is 1540. The maximum Gasteiger partial charge on any atom is 0.338 e. The van der Waals surface area contributed by atoms with E-state index in [2.05, 4.69) is 5.32 Å². The first-order valence-corrected chi connectivity index (χ1v) is 12.9. The van der Waals surface area contributed by atoms with E-state index in [-0.39, 0.29) is 45.2 Å². The van der Waals surface area contributed by atoms with Gasteiger partial charge in [0.2, 0.25) is 0 Å². The van der Waals surface area contributed by atoms with Crippen molar-refractivity contribution in [1.82, 2.24) is 9.62 Å². The highest BCUT2D eigenvalue weighted by Gasteiger charge is 2.43. The van der Waals surface area contributed by atoms with Gasteiger partial charge >= 0.3 is 11.9 Å². The van der Waals surface area contributed by atoms with Crippen LogP contribution in [-0.4, -0.2) is 48.8 Å². The Balaban J connectivity index is 1.71. The fraction of sp³-hybridized carbons (Fsp3) is 0.240. The molecule has 0 saturated heterocycles. The minimum Gasteiger partial charge on any atom is -0.463 e. The van der Waals surface area contributed by atoms with Gasteiger partial charge < -0.3 is 14.8 Å². The molecule has 2 aliphatic rings. The van der Waals surface area contributed by atoms with Gasteiger partial charge in [-0.25, -0.2) is 18.0 Å². The summed E-state index contributed by atoms with van der Waals surface area (Å²) in [6, 6.07) is 11.0. The number of amides is 1. The smallest absolute Gasteiger partial charge is 0.338 e. The average molecular weight is 542 g/mol. The number of hydrogen-bond acceptors (Lipinski definition) is 10. The number of rotatable bonds is 7. The Kier molecular flexibility index (Phi) is 7.05. The van der Waals surface area contributed by atoms with Gasteiger partial charge in [-0.15, -0.1) is 0 Å². The maximum atomic E-state index is 13.4. The average Bonchev–Trinajstić information content (AvgIpc) is 3.07. The molecule has 0 aromatic heterocycles. The van der Waals surface area contributed by atoms with Crippen molar-refractivity contribution in [2.75, 3.05) is 13.3 Å². The van der Waals surface area contributed by atoms with Crippen LogP contribution in [0.4, 0.5) is 5.69 Å². The summed E-state index contributed by atoms with van der Waals surface area (Å²) < 4.78 is 36.6. The Hall–Kier alpha value is -4.52. The molecule has 0 radical (unpaired) electrons. The molecule has 0 saturated carbocycles. The predicted octanol–water partition coefficient (Wildman–Crippen LogP) is 2.74. The minimum absolute atomic E-state index is 0.0298. The third-order valence-electron chi connectivity index (χ3n) is 6.11. The van der Waals surface area contributed by atoms with Crippen LogP contribution < -0.4 is 5.32 Å². The standard InChI is InChI=1S/C25H23N3O9S/c1-4-36-24(30)20-14(2)26-15(3)21(22(20)16-8-7-9-17(12-16)28(32)33)25(31)37-13-27-23(29)18-10-5-6-11-19(18)38(27,34)35/h5-12,22,26H,4,13H2,1-3H3. The molecule has 2 heterocycles. The Morgan fingerprint density at radius 1 is 1.03 bits per heavy atom. The molecule has 2 aromatic carbocycles. The van der Waals surface area contributed by atoms with Crippen molar-refractivity contribution in [2.45, 2.75) is 31.6 Å². The molecule has 2 aromatic rings. The lowest BCUT2D eigenvalue weighted by Gasteiger charge is -2.30. The lowest BCUT2D eigenvalue weighted by atomic mass is 9.80. The van der Waals surface area contributed by atoms with E-state index in [4.69, 9.17) is 9.47 Å². The summed E-state index contributed by atoms with van der Waals surface area (Å²) in [6.45, 7) is 3.86. The van der Waals surface area contributed by atoms with E-state index in [0.29, 0.717) is 10.0 Å². The van der Waals surface area contributed by atoms with Crippen molar-refractivity contribution in [2.24, 2.45) is 0 Å². The topological polar surface area (TPSA) is 162 Å². The Labute approximate surface area is 217 Å². The number of nitro benzene ring substituents is 1. The molecule has 0 spiro atoms. The van der Waals surface area contributed by atoms with E-state index in [9.17, 15) is 32.9 Å². The van der Waals surface area contributed by atoms with Crippen LogP contribution in [-0.2, 0) is 29.1 Å². The normalized spacial score (nSPS) is 18.1. The molecule has 12 nitrogen and oxygen atoms in total. The zero-order chi connectivity index (χ0) is 27.8. The quantitative estimate of drug-likeness (QED) is 0.313. The lowest BCUT2D eigenvalue weighted by molar-refractivity contribution is -0.384. The minimum atomic E-state index is -4.24. The summed E-state index contributed by atoms with van der Waals surface area (Å²) >= 11 is 0. The molecule has 198 valence electrons. The highest BCUT2D eigenvalue weighted by atomic mass is 32.2. The van der Waals surface area contributed by atoms with Crippen LogP contribution in [0.1, 0.15) is 42.6 Å². The van der Waals surface area contributed by atoms with Gasteiger partial charge in [-0.1, -0.05) is 24.3 Å². The van der Waals surface area contributed by atoms with Gasteiger partial charge in [0.05, 0.1) is 34.2 Å². The molecular weight excluding hydrogens is 518 g/mol. The number of fused-ring (bicyclic) bond motifs is 1. The molecule has 1 unspecified atom stereocenters. The number of non-ortho nitro benzene ring substituents is 1. The molecule has 0 bridgehead atoms. The summed E-state index contributed by atoms with van der Waals surface area (Å²) in [4.78, 5) is 49.7. The summed E-state index contributed by atoms with van der Waals surface area (Å²) in [6.07, 6.45) is 0. The number of nitro groups is 1. The Morgan fingerprint density at radius 3 is 2.26 bits per heavy atom. The lowest BCUT2D eigenvalue weighted by Crippen LogP contribution is -2.36. The molecule has 1 amide bonds. The highest BCUT2D eigenvalue weighted by Crippen LogP contribution is 2.40. The molecular formula is C25H23N3O9S. The molecule has 38 heavy (non-hydrogen) atoms. The van der Waals surface area contributed by atoms with Gasteiger partial charge in [-0.2, -0.15) is 4.31 Å². The summed E-state index contributed by atoms with van der Waals surface area (Å²) in [5.74, 6) is -3.76. The number of esters is 2. The molecule has 13 heteroatoms. The first kappa shape index (κ1) is 26.5. The van der Waals surface area contributed by atoms with Crippen LogP contribution in [0.2, 0.25) is 0 Å². The summed E-state index contributed by atoms with van der Waals surface area (Å²) in [7, 11) is -4.24. The number of nitrogens with one attached hydrogen (secondary N) is 1. The fourth-order valence-corrected chi connectivity index (χ4v) is 5.88. The molecule has 1 atom stereocenters. The molecule has 0 aliphatic carbocycles. The van der Waals surface area contributed by atoms with Crippen molar-refractivity contribution < 1.29 is 37.2 Å². The monoisotopic (exact) mass is 541 g/mol. The number of carbonyl (C=O) groups is 3. The third-order valence-corrected chi connectivity index (χ3v) is 7.88. The van der Waals surface area contributed by atoms with E-state index in [0.717, 1.165) is 0 Å². The number of benzene rings is 2. The predicted molar refractivity (Wildman–Crippen MR) is 132 cm³/mol. The van der Waals surface area contributed by atoms with Crippen LogP contribution in [0, 0.1) is 10.1 Å². The van der Waals surface area contributed by atoms with Crippen LogP contribution in [0.15, 0.2) is 76.0 Å². The van der Waals surface area contributed by atoms with E-state index in [1.807, 2.05) is 0 Å². The zero-order valence-electron chi connectivity index (χ0n) is 20.6. The number of hydrogen-bond donors (Lipinski definition) is 1. The third kappa shape index (κ3) is 4.52. The first-order chi connectivity index (χ1) is 18.0. The number of ether oxygens (including phenoxy) is 2. The van der Waals surface area contributed by atoms with Crippen molar-refractivity contribution in [3.05, 3.63) is 92.3 Å². The van der Waals surface area contributed by atoms with Gasteiger partial charge in [0.25, 0.3) is 21.6 Å². The fourth-order valence-electron chi connectivity index (χ4n) is 4.45. The van der Waals surface area contributed by atoms with Gasteiger partial charge in [0, 0.05) is 23.5 Å². The van der Waals surface area contributed by atoms with Crippen LogP contribution >= 0.6 is 0 Å². The number of sulfonamides is 1. The second-order valence-electron chi connectivity index (χ2n) is 8.42. The van der Waals surface area contributed by atoms with Crippen LogP contribution in [0.3, 0.4) is 0 Å². The summed E-state index contributed by atoms with van der Waals surface area (Å²) in [5.41, 5.74) is 0.502. The zero-order valence-corrected chi connectivity index (χ0v) is 21.4. The van der Waals surface area contributed by atoms with Gasteiger partial charge in [0.1, 0.15) is 4.90 Å². The number of allylic oxidation sites excluding steroid dienone is 2. The van der Waals surface area contributed by atoms with Gasteiger partial charge in [-0.05, 0) is 38.5 Å². The van der Waals surface area contributed by atoms with Gasteiger partial charge in [0.15, 0.2) is 6.73 Å². The maximum absolute atomic E-state index is 13.4. The van der Waals surface area contributed by atoms with Crippen molar-refractivity contribution in [3.63, 3.8) is 0 Å². The number of dihydropyridines is 1. The first-order valence-electron chi connectivity index (χ1n) is 11.4. The van der Waals surface area contributed by atoms with Crippen molar-refractivity contribution >= 4 is 33.6 Å².